The summed E-state index contributed by atoms with van der Waals surface area (Å²) in [5.74, 6) is -1.60. The molecule has 49 heavy (non-hydrogen) atoms. The third-order valence-electron chi connectivity index (χ3n) is 12.0. The molecular formula is C38H67NO10. The van der Waals surface area contributed by atoms with Gasteiger partial charge in [0.2, 0.25) is 0 Å². The highest BCUT2D eigenvalue weighted by molar-refractivity contribution is 5.73. The topological polar surface area (TPSA) is 125 Å². The van der Waals surface area contributed by atoms with Crippen molar-refractivity contribution < 1.29 is 48.2 Å². The summed E-state index contributed by atoms with van der Waals surface area (Å²) < 4.78 is 45.6. The van der Waals surface area contributed by atoms with Crippen LogP contribution >= 0.6 is 0 Å². The van der Waals surface area contributed by atoms with Gasteiger partial charge in [0.05, 0.1) is 35.9 Å². The molecule has 0 amide bonds. The number of methoxy groups -OCH3 is 1. The zero-order valence-corrected chi connectivity index (χ0v) is 32.4. The van der Waals surface area contributed by atoms with Crippen LogP contribution in [0.25, 0.3) is 0 Å². The molecule has 4 aliphatic heterocycles. The standard InChI is InChI=1S/C38H67NO10/c1-14-28-23(6)30(40)24(7)32-20(3)17-38(11,49-32)34(48-36-31(41)27(39(12)15-2)16-21(4)45-36)25(8)33(26(9)35(42)46-28)47-29-19-37(10,43-13)18-22(5)44-29/h21-31,33-34,36,40-41H,14-19H2,1-13H3/t21-,22+,23+,24-,25+,26-,27+,28-,29?,30+,31-,33+,34-,36?,37+,38?/m1/s1. The second-order valence-corrected chi connectivity index (χ2v) is 16.2. The van der Waals surface area contributed by atoms with E-state index in [4.69, 9.17) is 33.2 Å². The first-order valence-electron chi connectivity index (χ1n) is 18.7. The lowest BCUT2D eigenvalue weighted by molar-refractivity contribution is -0.309. The molecule has 3 fully saturated rings. The molecule has 11 heteroatoms. The van der Waals surface area contributed by atoms with E-state index in [1.807, 2.05) is 69.4 Å². The number of likely N-dealkylation sites (N-methyl/N-ethyl adjacent to an activating group) is 1. The lowest BCUT2D eigenvalue weighted by Crippen LogP contribution is -2.59. The highest BCUT2D eigenvalue weighted by Gasteiger charge is 2.54. The maximum atomic E-state index is 14.1. The summed E-state index contributed by atoms with van der Waals surface area (Å²) in [5.41, 5.74) is -0.370. The van der Waals surface area contributed by atoms with E-state index in [1.165, 1.54) is 0 Å². The first-order chi connectivity index (χ1) is 22.9. The Hall–Kier alpha value is -1.31. The largest absolute Gasteiger partial charge is 0.489 e. The quantitative estimate of drug-likeness (QED) is 0.326. The van der Waals surface area contributed by atoms with Crippen molar-refractivity contribution in [1.82, 2.24) is 4.90 Å². The molecule has 0 saturated carbocycles. The zero-order valence-electron chi connectivity index (χ0n) is 32.4. The number of carbonyl (C=O) groups is 1. The molecule has 4 aliphatic rings. The normalized spacial score (nSPS) is 47.2. The summed E-state index contributed by atoms with van der Waals surface area (Å²) >= 11 is 0. The van der Waals surface area contributed by atoms with Crippen LogP contribution in [0.1, 0.15) is 108 Å². The van der Waals surface area contributed by atoms with Crippen molar-refractivity contribution in [3.8, 4) is 0 Å². The van der Waals surface area contributed by atoms with Crippen molar-refractivity contribution in [2.75, 3.05) is 20.7 Å². The third-order valence-corrected chi connectivity index (χ3v) is 12.0. The molecule has 3 saturated heterocycles. The van der Waals surface area contributed by atoms with Gasteiger partial charge in [-0.2, -0.15) is 0 Å². The fraction of sp³-hybridized carbons (Fsp3) is 0.921. The van der Waals surface area contributed by atoms with E-state index < -0.39 is 72.1 Å². The second kappa shape index (κ2) is 16.1. The Labute approximate surface area is 295 Å². The van der Waals surface area contributed by atoms with Crippen LogP contribution in [0.15, 0.2) is 11.3 Å². The van der Waals surface area contributed by atoms with Crippen molar-refractivity contribution in [1.29, 1.82) is 0 Å². The number of aliphatic hydroxyl groups is 2. The zero-order chi connectivity index (χ0) is 36.6. The molecule has 16 atom stereocenters. The van der Waals surface area contributed by atoms with E-state index >= 15 is 0 Å². The van der Waals surface area contributed by atoms with Crippen LogP contribution < -0.4 is 0 Å². The summed E-state index contributed by atoms with van der Waals surface area (Å²) in [6.45, 7) is 22.6. The van der Waals surface area contributed by atoms with Gasteiger partial charge < -0.3 is 48.3 Å². The van der Waals surface area contributed by atoms with Gasteiger partial charge in [0.25, 0.3) is 0 Å². The molecule has 284 valence electrons. The molecule has 11 nitrogen and oxygen atoms in total. The lowest BCUT2D eigenvalue weighted by atomic mass is 9.79. The summed E-state index contributed by atoms with van der Waals surface area (Å²) in [4.78, 5) is 16.2. The molecule has 0 aliphatic carbocycles. The van der Waals surface area contributed by atoms with Crippen molar-refractivity contribution in [2.45, 2.75) is 181 Å². The van der Waals surface area contributed by atoms with Crippen LogP contribution in [0.4, 0.5) is 0 Å². The molecule has 0 aromatic carbocycles. The molecular weight excluding hydrogens is 630 g/mol. The smallest absolute Gasteiger partial charge is 0.311 e. The van der Waals surface area contributed by atoms with Gasteiger partial charge in [0.1, 0.15) is 29.7 Å². The molecule has 0 aromatic rings. The van der Waals surface area contributed by atoms with Gasteiger partial charge in [0, 0.05) is 50.2 Å². The fourth-order valence-corrected chi connectivity index (χ4v) is 8.88. The van der Waals surface area contributed by atoms with Crippen LogP contribution in [0.2, 0.25) is 0 Å². The molecule has 2 bridgehead atoms. The molecule has 0 spiro atoms. The Bertz CT molecular complexity index is 1150. The maximum Gasteiger partial charge on any atom is 0.311 e. The third kappa shape index (κ3) is 8.67. The number of ether oxygens (including phenoxy) is 7. The van der Waals surface area contributed by atoms with Crippen LogP contribution in [0.5, 0.6) is 0 Å². The van der Waals surface area contributed by atoms with Gasteiger partial charge in [-0.1, -0.05) is 34.6 Å². The highest BCUT2D eigenvalue weighted by Crippen LogP contribution is 2.47. The maximum absolute atomic E-state index is 14.1. The van der Waals surface area contributed by atoms with Crippen molar-refractivity contribution in [3.63, 3.8) is 0 Å². The van der Waals surface area contributed by atoms with E-state index in [0.29, 0.717) is 32.1 Å². The minimum absolute atomic E-state index is 0.124. The first-order valence-corrected chi connectivity index (χ1v) is 18.7. The Morgan fingerprint density at radius 1 is 0.918 bits per heavy atom. The summed E-state index contributed by atoms with van der Waals surface area (Å²) in [6, 6.07) is -0.163. The van der Waals surface area contributed by atoms with Gasteiger partial charge >= 0.3 is 5.97 Å². The molecule has 4 heterocycles. The van der Waals surface area contributed by atoms with Crippen molar-refractivity contribution >= 4 is 5.97 Å². The van der Waals surface area contributed by atoms with Crippen molar-refractivity contribution in [3.05, 3.63) is 11.3 Å². The molecule has 2 N–H and O–H groups in total. The average molecular weight is 698 g/mol. The average Bonchev–Trinajstić information content (AvgIpc) is 3.37. The Balaban J connectivity index is 1.81. The van der Waals surface area contributed by atoms with E-state index in [9.17, 15) is 15.0 Å². The van der Waals surface area contributed by atoms with Gasteiger partial charge in [-0.15, -0.1) is 0 Å². The van der Waals surface area contributed by atoms with Crippen molar-refractivity contribution in [2.24, 2.45) is 23.7 Å². The van der Waals surface area contributed by atoms with Crippen LogP contribution in [0, 0.1) is 23.7 Å². The highest BCUT2D eigenvalue weighted by atomic mass is 16.7. The fourth-order valence-electron chi connectivity index (χ4n) is 8.88. The number of aliphatic hydroxyl groups excluding tert-OH is 2. The number of hydrogen-bond donors (Lipinski definition) is 2. The molecule has 0 radical (unpaired) electrons. The summed E-state index contributed by atoms with van der Waals surface area (Å²) in [5, 5.41) is 23.3. The summed E-state index contributed by atoms with van der Waals surface area (Å²) in [6.07, 6.45) is -2.63. The lowest BCUT2D eigenvalue weighted by Gasteiger charge is -2.48. The number of esters is 1. The number of cyclic esters (lactones) is 1. The van der Waals surface area contributed by atoms with Gasteiger partial charge in [0.15, 0.2) is 12.6 Å². The van der Waals surface area contributed by atoms with Crippen LogP contribution in [-0.2, 0) is 38.0 Å². The molecule has 3 unspecified atom stereocenters. The van der Waals surface area contributed by atoms with Crippen LogP contribution in [0.3, 0.4) is 0 Å². The minimum Gasteiger partial charge on any atom is -0.489 e. The van der Waals surface area contributed by atoms with Gasteiger partial charge in [-0.25, -0.2) is 0 Å². The van der Waals surface area contributed by atoms with E-state index in [1.54, 1.807) is 7.11 Å². The number of hydrogen-bond acceptors (Lipinski definition) is 11. The SMILES string of the molecule is CC[C@H]1OC(=O)[C@H](C)[C@@H](OC2C[C@@](C)(OC)C[C@H](C)O2)[C@H](C)[C@@H](OC2O[C@H](C)C[C@H](N(C)CC)[C@H]2O)C2(C)CC(C)=C(O2)[C@H](C)[C@@H](O)[C@H]1C. The molecule has 0 aromatic heterocycles. The van der Waals surface area contributed by atoms with Gasteiger partial charge in [-0.3, -0.25) is 4.79 Å². The van der Waals surface area contributed by atoms with E-state index in [-0.39, 0.29) is 30.1 Å². The number of nitrogens with zero attached hydrogens (tertiary/aromatic N) is 1. The number of fused-ring (bicyclic) bond motifs is 2. The van der Waals surface area contributed by atoms with E-state index in [2.05, 4.69) is 18.7 Å². The monoisotopic (exact) mass is 697 g/mol. The minimum atomic E-state index is -0.950. The Kier molecular flexibility index (Phi) is 13.3. The van der Waals surface area contributed by atoms with Crippen LogP contribution in [-0.4, -0.2) is 114 Å². The summed E-state index contributed by atoms with van der Waals surface area (Å²) in [7, 11) is 3.70. The predicted octanol–water partition coefficient (Wildman–Crippen LogP) is 5.20. The predicted molar refractivity (Wildman–Crippen MR) is 185 cm³/mol. The number of rotatable bonds is 8. The first kappa shape index (κ1) is 40.5. The second-order valence-electron chi connectivity index (χ2n) is 16.2. The molecule has 4 rings (SSSR count). The Morgan fingerprint density at radius 3 is 2.20 bits per heavy atom. The van der Waals surface area contributed by atoms with Gasteiger partial charge in [-0.05, 0) is 73.5 Å². The van der Waals surface area contributed by atoms with E-state index in [0.717, 1.165) is 17.9 Å². The Morgan fingerprint density at radius 2 is 1.59 bits per heavy atom. The number of carbonyl (C=O) groups excluding carboxylic acids is 1.